The van der Waals surface area contributed by atoms with Crippen LogP contribution in [-0.2, 0) is 0 Å². The van der Waals surface area contributed by atoms with Crippen molar-refractivity contribution in [3.05, 3.63) is 22.6 Å². The summed E-state index contributed by atoms with van der Waals surface area (Å²) >= 11 is 3.04. The zero-order valence-corrected chi connectivity index (χ0v) is 8.02. The molecule has 0 fully saturated rings. The van der Waals surface area contributed by atoms with Crippen LogP contribution in [0.2, 0.25) is 0 Å². The summed E-state index contributed by atoms with van der Waals surface area (Å²) in [6.07, 6.45) is 1.44. The predicted octanol–water partition coefficient (Wildman–Crippen LogP) is 2.59. The summed E-state index contributed by atoms with van der Waals surface area (Å²) in [5.74, 6) is -0.567. The van der Waals surface area contributed by atoms with E-state index >= 15 is 0 Å². The molecule has 11 heavy (non-hydrogen) atoms. The molecule has 62 valence electrons. The van der Waals surface area contributed by atoms with Crippen molar-refractivity contribution in [2.75, 3.05) is 5.73 Å². The molecule has 0 saturated carbocycles. The van der Waals surface area contributed by atoms with E-state index in [4.69, 9.17) is 5.73 Å². The third-order valence-electron chi connectivity index (χ3n) is 0.836. The fourth-order valence-electron chi connectivity index (χ4n) is 0.425. The van der Waals surface area contributed by atoms with Crippen molar-refractivity contribution in [1.29, 1.82) is 0 Å². The minimum absolute atomic E-state index is 0.0711. The van der Waals surface area contributed by atoms with Gasteiger partial charge in [0, 0.05) is 10.7 Å². The monoisotopic (exact) mass is 220 g/mol. The van der Waals surface area contributed by atoms with Crippen LogP contribution in [0.5, 0.6) is 0 Å². The van der Waals surface area contributed by atoms with E-state index in [0.717, 1.165) is 0 Å². The Morgan fingerprint density at radius 1 is 1.55 bits per heavy atom. The largest absolute Gasteiger partial charge is 0.381 e. The summed E-state index contributed by atoms with van der Waals surface area (Å²) < 4.78 is 13.0. The van der Waals surface area contributed by atoms with E-state index in [1.165, 1.54) is 12.3 Å². The second kappa shape index (κ2) is 5.07. The highest BCUT2D eigenvalue weighted by atomic mass is 79.9. The van der Waals surface area contributed by atoms with Crippen molar-refractivity contribution in [2.24, 2.45) is 0 Å². The Bertz CT molecular complexity index is 228. The highest BCUT2D eigenvalue weighted by Crippen LogP contribution is 2.12. The van der Waals surface area contributed by atoms with Crippen LogP contribution in [0.1, 0.15) is 13.8 Å². The molecule has 4 heteroatoms. The van der Waals surface area contributed by atoms with Crippen molar-refractivity contribution in [3.63, 3.8) is 0 Å². The molecule has 0 unspecified atom stereocenters. The number of nitrogens with zero attached hydrogens (tertiary/aromatic N) is 1. The van der Waals surface area contributed by atoms with Gasteiger partial charge in [0.25, 0.3) is 0 Å². The lowest BCUT2D eigenvalue weighted by Gasteiger charge is -1.92. The molecule has 2 nitrogen and oxygen atoms in total. The lowest BCUT2D eigenvalue weighted by atomic mass is 10.4. The number of anilines is 1. The summed E-state index contributed by atoms with van der Waals surface area (Å²) in [6.45, 7) is 4.00. The Labute approximate surface area is 73.8 Å². The lowest BCUT2D eigenvalue weighted by Crippen LogP contribution is -1.92. The summed E-state index contributed by atoms with van der Waals surface area (Å²) in [5, 5.41) is 0. The molecule has 0 bridgehead atoms. The van der Waals surface area contributed by atoms with Gasteiger partial charge in [0.1, 0.15) is 0 Å². The highest BCUT2D eigenvalue weighted by molar-refractivity contribution is 9.10. The van der Waals surface area contributed by atoms with Gasteiger partial charge >= 0.3 is 0 Å². The first-order valence-corrected chi connectivity index (χ1v) is 4.06. The molecule has 1 aromatic heterocycles. The van der Waals surface area contributed by atoms with Gasteiger partial charge in [-0.25, -0.2) is 9.37 Å². The SMILES string of the molecule is CC.Nc1ncc(Br)cc1F. The second-order valence-corrected chi connectivity index (χ2v) is 2.44. The van der Waals surface area contributed by atoms with Crippen molar-refractivity contribution in [1.82, 2.24) is 4.98 Å². The number of aromatic nitrogens is 1. The number of pyridine rings is 1. The standard InChI is InChI=1S/C5H4BrFN2.C2H6/c6-3-1-4(7)5(8)9-2-3;1-2/h1-2H,(H2,8,9);1-2H3. The van der Waals surface area contributed by atoms with Crippen LogP contribution in [0.3, 0.4) is 0 Å². The van der Waals surface area contributed by atoms with Crippen LogP contribution in [0.4, 0.5) is 10.2 Å². The van der Waals surface area contributed by atoms with Crippen molar-refractivity contribution >= 4 is 21.7 Å². The Morgan fingerprint density at radius 3 is 2.45 bits per heavy atom. The van der Waals surface area contributed by atoms with Gasteiger partial charge in [0.2, 0.25) is 0 Å². The molecule has 0 amide bonds. The van der Waals surface area contributed by atoms with Crippen LogP contribution in [-0.4, -0.2) is 4.98 Å². The van der Waals surface area contributed by atoms with Gasteiger partial charge in [-0.2, -0.15) is 0 Å². The first-order valence-electron chi connectivity index (χ1n) is 3.26. The molecule has 0 radical (unpaired) electrons. The maximum atomic E-state index is 12.4. The first kappa shape index (κ1) is 10.4. The Morgan fingerprint density at radius 2 is 2.09 bits per heavy atom. The first-order chi connectivity index (χ1) is 5.20. The minimum Gasteiger partial charge on any atom is -0.381 e. The van der Waals surface area contributed by atoms with Crippen molar-refractivity contribution in [3.8, 4) is 0 Å². The van der Waals surface area contributed by atoms with Crippen LogP contribution in [0, 0.1) is 5.82 Å². The third-order valence-corrected chi connectivity index (χ3v) is 1.27. The summed E-state index contributed by atoms with van der Waals surface area (Å²) in [7, 11) is 0. The molecule has 0 aliphatic rings. The maximum absolute atomic E-state index is 12.4. The van der Waals surface area contributed by atoms with Gasteiger partial charge in [-0.3, -0.25) is 0 Å². The highest BCUT2D eigenvalue weighted by Gasteiger charge is 1.96. The molecule has 1 heterocycles. The zero-order chi connectivity index (χ0) is 8.85. The summed E-state index contributed by atoms with van der Waals surface area (Å²) in [5.41, 5.74) is 5.08. The molecule has 2 N–H and O–H groups in total. The van der Waals surface area contributed by atoms with Gasteiger partial charge in [-0.15, -0.1) is 0 Å². The lowest BCUT2D eigenvalue weighted by molar-refractivity contribution is 0.626. The number of halogens is 2. The maximum Gasteiger partial charge on any atom is 0.166 e. The molecule has 1 rings (SSSR count). The van der Waals surface area contributed by atoms with E-state index < -0.39 is 5.82 Å². The number of hydrogen-bond donors (Lipinski definition) is 1. The van der Waals surface area contributed by atoms with Gasteiger partial charge < -0.3 is 5.73 Å². The fraction of sp³-hybridized carbons (Fsp3) is 0.286. The van der Waals surface area contributed by atoms with Gasteiger partial charge in [-0.1, -0.05) is 13.8 Å². The molecular formula is C7H10BrFN2. The Hall–Kier alpha value is -0.640. The number of nitrogens with two attached hydrogens (primary N) is 1. The average Bonchev–Trinajstić information content (AvgIpc) is 2.02. The van der Waals surface area contributed by atoms with Crippen LogP contribution >= 0.6 is 15.9 Å². The molecule has 0 aliphatic heterocycles. The molecule has 0 spiro atoms. The van der Waals surface area contributed by atoms with Gasteiger partial charge in [0.05, 0.1) is 0 Å². The Balaban J connectivity index is 0.000000461. The number of rotatable bonds is 0. The van der Waals surface area contributed by atoms with Crippen molar-refractivity contribution in [2.45, 2.75) is 13.8 Å². The van der Waals surface area contributed by atoms with E-state index in [9.17, 15) is 4.39 Å². The van der Waals surface area contributed by atoms with E-state index in [2.05, 4.69) is 20.9 Å². The van der Waals surface area contributed by atoms with E-state index in [0.29, 0.717) is 4.47 Å². The Kier molecular flexibility index (Phi) is 4.77. The molecule has 1 aromatic rings. The summed E-state index contributed by atoms with van der Waals surface area (Å²) in [4.78, 5) is 3.53. The van der Waals surface area contributed by atoms with Crippen molar-refractivity contribution < 1.29 is 4.39 Å². The van der Waals surface area contributed by atoms with Crippen LogP contribution < -0.4 is 5.73 Å². The van der Waals surface area contributed by atoms with E-state index in [1.807, 2.05) is 13.8 Å². The molecule has 0 saturated heterocycles. The van der Waals surface area contributed by atoms with E-state index in [-0.39, 0.29) is 5.82 Å². The fourth-order valence-corrected chi connectivity index (χ4v) is 0.729. The smallest absolute Gasteiger partial charge is 0.166 e. The molecule has 0 aliphatic carbocycles. The molecular weight excluding hydrogens is 211 g/mol. The summed E-state index contributed by atoms with van der Waals surface area (Å²) in [6, 6.07) is 1.27. The third kappa shape index (κ3) is 3.32. The number of hydrogen-bond acceptors (Lipinski definition) is 2. The van der Waals surface area contributed by atoms with Gasteiger partial charge in [-0.05, 0) is 22.0 Å². The average molecular weight is 221 g/mol. The van der Waals surface area contributed by atoms with Gasteiger partial charge in [0.15, 0.2) is 11.6 Å². The predicted molar refractivity (Wildman–Crippen MR) is 47.7 cm³/mol. The minimum atomic E-state index is -0.496. The number of nitrogen functional groups attached to an aromatic ring is 1. The topological polar surface area (TPSA) is 38.9 Å². The molecule has 0 atom stereocenters. The second-order valence-electron chi connectivity index (χ2n) is 1.52. The quantitative estimate of drug-likeness (QED) is 0.731. The normalized spacial score (nSPS) is 8.36. The molecule has 0 aromatic carbocycles. The van der Waals surface area contributed by atoms with Crippen LogP contribution in [0.15, 0.2) is 16.7 Å². The zero-order valence-electron chi connectivity index (χ0n) is 6.44. The van der Waals surface area contributed by atoms with Crippen LogP contribution in [0.25, 0.3) is 0 Å². The van der Waals surface area contributed by atoms with E-state index in [1.54, 1.807) is 0 Å².